The van der Waals surface area contributed by atoms with Gasteiger partial charge in [-0.1, -0.05) is 0 Å². The van der Waals surface area contributed by atoms with Crippen LogP contribution in [0.25, 0.3) is 0 Å². The molecule has 2 rings (SSSR count). The highest BCUT2D eigenvalue weighted by Gasteiger charge is 2.25. The molecule has 0 aliphatic heterocycles. The Bertz CT molecular complexity index is 364. The van der Waals surface area contributed by atoms with Gasteiger partial charge in [0.1, 0.15) is 17.7 Å². The van der Waals surface area contributed by atoms with Crippen LogP contribution in [-0.2, 0) is 0 Å². The fourth-order valence-electron chi connectivity index (χ4n) is 1.07. The summed E-state index contributed by atoms with van der Waals surface area (Å²) in [5, 5.41) is 8.81. The predicted octanol–water partition coefficient (Wildman–Crippen LogP) is 1.80. The van der Waals surface area contributed by atoms with E-state index in [-0.39, 0.29) is 0 Å². The summed E-state index contributed by atoms with van der Waals surface area (Å²) in [6.45, 7) is 1.91. The van der Waals surface area contributed by atoms with Gasteiger partial charge < -0.3 is 4.74 Å². The van der Waals surface area contributed by atoms with Crippen LogP contribution in [0.3, 0.4) is 0 Å². The second kappa shape index (κ2) is 3.06. The molecule has 0 saturated heterocycles. The molecular formula is C10H10N2O. The van der Waals surface area contributed by atoms with Gasteiger partial charge in [-0.2, -0.15) is 5.26 Å². The van der Waals surface area contributed by atoms with Crippen LogP contribution in [0.15, 0.2) is 12.3 Å². The molecule has 1 saturated carbocycles. The highest BCUT2D eigenvalue weighted by atomic mass is 16.5. The molecule has 1 aromatic heterocycles. The van der Waals surface area contributed by atoms with Crippen LogP contribution >= 0.6 is 0 Å². The summed E-state index contributed by atoms with van der Waals surface area (Å²) in [7, 11) is 0. The van der Waals surface area contributed by atoms with E-state index in [9.17, 15) is 0 Å². The van der Waals surface area contributed by atoms with Crippen LogP contribution in [0.4, 0.5) is 0 Å². The summed E-state index contributed by atoms with van der Waals surface area (Å²) >= 11 is 0. The molecule has 3 heteroatoms. The number of nitriles is 1. The van der Waals surface area contributed by atoms with Gasteiger partial charge in [-0.25, -0.2) is 4.98 Å². The van der Waals surface area contributed by atoms with Gasteiger partial charge in [-0.3, -0.25) is 0 Å². The Kier molecular flexibility index (Phi) is 1.90. The normalized spacial score (nSPS) is 15.1. The van der Waals surface area contributed by atoms with Crippen LogP contribution in [0, 0.1) is 18.3 Å². The largest absolute Gasteiger partial charge is 0.473 e. The van der Waals surface area contributed by atoms with Gasteiger partial charge in [0.05, 0.1) is 0 Å². The van der Waals surface area contributed by atoms with E-state index < -0.39 is 0 Å². The average molecular weight is 174 g/mol. The highest BCUT2D eigenvalue weighted by molar-refractivity contribution is 5.39. The molecule has 66 valence electrons. The molecule has 0 amide bonds. The quantitative estimate of drug-likeness (QED) is 0.686. The number of hydrogen-bond donors (Lipinski definition) is 0. The Morgan fingerprint density at radius 3 is 3.00 bits per heavy atom. The maximum atomic E-state index is 8.81. The molecule has 0 unspecified atom stereocenters. The standard InChI is InChI=1S/C10H10N2O/c1-7-4-8(5-11)10(12-6-7)13-9-2-3-9/h4,6,9H,2-3H2,1H3. The van der Waals surface area contributed by atoms with Crippen molar-refractivity contribution in [2.75, 3.05) is 0 Å². The summed E-state index contributed by atoms with van der Waals surface area (Å²) in [5.41, 5.74) is 1.52. The Balaban J connectivity index is 2.27. The maximum absolute atomic E-state index is 8.81. The zero-order chi connectivity index (χ0) is 9.26. The lowest BCUT2D eigenvalue weighted by atomic mass is 10.2. The first-order valence-electron chi connectivity index (χ1n) is 4.33. The minimum Gasteiger partial charge on any atom is -0.473 e. The van der Waals surface area contributed by atoms with Crippen molar-refractivity contribution in [2.24, 2.45) is 0 Å². The Morgan fingerprint density at radius 2 is 2.38 bits per heavy atom. The van der Waals surface area contributed by atoms with E-state index in [1.807, 2.05) is 6.92 Å². The first-order chi connectivity index (χ1) is 6.29. The van der Waals surface area contributed by atoms with Crippen LogP contribution < -0.4 is 4.74 Å². The number of aromatic nitrogens is 1. The SMILES string of the molecule is Cc1cnc(OC2CC2)c(C#N)c1. The summed E-state index contributed by atoms with van der Waals surface area (Å²) in [5.74, 6) is 0.482. The van der Waals surface area contributed by atoms with E-state index in [0.29, 0.717) is 17.5 Å². The van der Waals surface area contributed by atoms with Crippen molar-refractivity contribution in [1.29, 1.82) is 5.26 Å². The summed E-state index contributed by atoms with van der Waals surface area (Å²) in [4.78, 5) is 4.08. The van der Waals surface area contributed by atoms with Gasteiger partial charge >= 0.3 is 0 Å². The molecule has 0 aromatic carbocycles. The molecule has 3 nitrogen and oxygen atoms in total. The second-order valence-electron chi connectivity index (χ2n) is 3.29. The second-order valence-corrected chi connectivity index (χ2v) is 3.29. The van der Waals surface area contributed by atoms with Crippen molar-refractivity contribution in [3.8, 4) is 11.9 Å². The van der Waals surface area contributed by atoms with Crippen molar-refractivity contribution >= 4 is 0 Å². The van der Waals surface area contributed by atoms with Crippen molar-refractivity contribution in [3.05, 3.63) is 23.4 Å². The van der Waals surface area contributed by atoms with Gasteiger partial charge in [0.15, 0.2) is 0 Å². The lowest BCUT2D eigenvalue weighted by Gasteiger charge is -2.04. The van der Waals surface area contributed by atoms with Crippen molar-refractivity contribution in [2.45, 2.75) is 25.9 Å². The molecule has 1 fully saturated rings. The smallest absolute Gasteiger partial charge is 0.231 e. The molecule has 0 bridgehead atoms. The monoisotopic (exact) mass is 174 g/mol. The first kappa shape index (κ1) is 8.06. The van der Waals surface area contributed by atoms with E-state index in [4.69, 9.17) is 10.00 Å². The van der Waals surface area contributed by atoms with Gasteiger partial charge in [-0.15, -0.1) is 0 Å². The third-order valence-electron chi connectivity index (χ3n) is 1.91. The van der Waals surface area contributed by atoms with Gasteiger partial charge in [0.25, 0.3) is 0 Å². The van der Waals surface area contributed by atoms with E-state index in [1.165, 1.54) is 0 Å². The van der Waals surface area contributed by atoms with E-state index in [1.54, 1.807) is 12.3 Å². The Morgan fingerprint density at radius 1 is 1.62 bits per heavy atom. The van der Waals surface area contributed by atoms with Crippen molar-refractivity contribution < 1.29 is 4.74 Å². The summed E-state index contributed by atoms with van der Waals surface area (Å²) in [6.07, 6.45) is 4.18. The Labute approximate surface area is 77.0 Å². The predicted molar refractivity (Wildman–Crippen MR) is 47.3 cm³/mol. The zero-order valence-corrected chi connectivity index (χ0v) is 7.45. The number of aryl methyl sites for hydroxylation is 1. The average Bonchev–Trinajstić information content (AvgIpc) is 2.92. The number of hydrogen-bond acceptors (Lipinski definition) is 3. The molecule has 1 aromatic rings. The molecule has 13 heavy (non-hydrogen) atoms. The molecular weight excluding hydrogens is 164 g/mol. The van der Waals surface area contributed by atoms with Crippen LogP contribution in [0.1, 0.15) is 24.0 Å². The number of pyridine rings is 1. The van der Waals surface area contributed by atoms with E-state index >= 15 is 0 Å². The van der Waals surface area contributed by atoms with Crippen molar-refractivity contribution in [3.63, 3.8) is 0 Å². The van der Waals surface area contributed by atoms with Gasteiger partial charge in [0.2, 0.25) is 5.88 Å². The lowest BCUT2D eigenvalue weighted by molar-refractivity contribution is 0.290. The zero-order valence-electron chi connectivity index (χ0n) is 7.45. The number of ether oxygens (including phenoxy) is 1. The summed E-state index contributed by atoms with van der Waals surface area (Å²) < 4.78 is 5.47. The van der Waals surface area contributed by atoms with Gasteiger partial charge in [-0.05, 0) is 31.4 Å². The van der Waals surface area contributed by atoms with E-state index in [0.717, 1.165) is 18.4 Å². The lowest BCUT2D eigenvalue weighted by Crippen LogP contribution is -2.00. The molecule has 0 radical (unpaired) electrons. The first-order valence-corrected chi connectivity index (χ1v) is 4.33. The minimum atomic E-state index is 0.294. The molecule has 1 aliphatic carbocycles. The number of rotatable bonds is 2. The number of nitrogens with zero attached hydrogens (tertiary/aromatic N) is 2. The fraction of sp³-hybridized carbons (Fsp3) is 0.400. The molecule has 0 N–H and O–H groups in total. The summed E-state index contributed by atoms with van der Waals surface area (Å²) in [6, 6.07) is 3.88. The fourth-order valence-corrected chi connectivity index (χ4v) is 1.07. The minimum absolute atomic E-state index is 0.294. The van der Waals surface area contributed by atoms with Crippen LogP contribution in [-0.4, -0.2) is 11.1 Å². The molecule has 1 heterocycles. The molecule has 0 spiro atoms. The van der Waals surface area contributed by atoms with Gasteiger partial charge in [0, 0.05) is 6.20 Å². The highest BCUT2D eigenvalue weighted by Crippen LogP contribution is 2.27. The molecule has 1 aliphatic rings. The third kappa shape index (κ3) is 1.78. The van der Waals surface area contributed by atoms with E-state index in [2.05, 4.69) is 11.1 Å². The van der Waals surface area contributed by atoms with Crippen LogP contribution in [0.2, 0.25) is 0 Å². The third-order valence-corrected chi connectivity index (χ3v) is 1.91. The van der Waals surface area contributed by atoms with Crippen LogP contribution in [0.5, 0.6) is 5.88 Å². The maximum Gasteiger partial charge on any atom is 0.231 e. The molecule has 0 atom stereocenters. The topological polar surface area (TPSA) is 45.9 Å². The van der Waals surface area contributed by atoms with Crippen molar-refractivity contribution in [1.82, 2.24) is 4.98 Å². The Hall–Kier alpha value is -1.56.